The lowest BCUT2D eigenvalue weighted by Gasteiger charge is -2.26. The highest BCUT2D eigenvalue weighted by atomic mass is 16.6. The fraction of sp³-hybridized carbons (Fsp3) is 0.424. The number of nitrogens with one attached hydrogen (secondary N) is 2. The Kier molecular flexibility index (Phi) is 10.0. The number of alkyl carbamates (subject to hydrolysis) is 1. The standard InChI is InChI=1S/C33H40N4O6/c1-6-7-18-25(29(38)30(39)34-21(2)23-14-10-8-11-15-23)35-32(41)42-26-19-37(20-33(26,4)5)31(40)27-22(3)43-36-28(27)24-16-12-9-13-17-24/h8-17,21,25-26H,6-7,18-20H2,1-5H3,(H,34,39)(H,35,41)/t21-,25+,26+/m1/s1. The number of aryl methyl sites for hydroxylation is 1. The number of hydrogen-bond acceptors (Lipinski definition) is 7. The topological polar surface area (TPSA) is 131 Å². The molecule has 0 bridgehead atoms. The van der Waals surface area contributed by atoms with E-state index < -0.39 is 35.3 Å². The van der Waals surface area contributed by atoms with Crippen LogP contribution in [0.25, 0.3) is 11.3 Å². The number of nitrogens with zero attached hydrogens (tertiary/aromatic N) is 2. The summed E-state index contributed by atoms with van der Waals surface area (Å²) in [5.74, 6) is -1.36. The van der Waals surface area contributed by atoms with Gasteiger partial charge in [0.05, 0.1) is 12.6 Å². The van der Waals surface area contributed by atoms with E-state index in [0.29, 0.717) is 36.4 Å². The molecule has 1 aliphatic rings. The Labute approximate surface area is 252 Å². The zero-order chi connectivity index (χ0) is 31.1. The van der Waals surface area contributed by atoms with Crippen LogP contribution in [0.2, 0.25) is 0 Å². The molecule has 0 aliphatic carbocycles. The van der Waals surface area contributed by atoms with E-state index in [1.807, 2.05) is 81.4 Å². The summed E-state index contributed by atoms with van der Waals surface area (Å²) in [4.78, 5) is 54.3. The van der Waals surface area contributed by atoms with Crippen LogP contribution < -0.4 is 10.6 Å². The van der Waals surface area contributed by atoms with Crippen LogP contribution in [0.5, 0.6) is 0 Å². The van der Waals surface area contributed by atoms with Gasteiger partial charge in [0.2, 0.25) is 5.78 Å². The first-order chi connectivity index (χ1) is 20.5. The lowest BCUT2D eigenvalue weighted by atomic mass is 9.90. The Morgan fingerprint density at radius 2 is 1.70 bits per heavy atom. The van der Waals surface area contributed by atoms with Crippen molar-refractivity contribution in [1.29, 1.82) is 0 Å². The number of aromatic nitrogens is 1. The highest BCUT2D eigenvalue weighted by Gasteiger charge is 2.45. The van der Waals surface area contributed by atoms with Gasteiger partial charge in [-0.05, 0) is 25.8 Å². The van der Waals surface area contributed by atoms with Gasteiger partial charge in [0.1, 0.15) is 29.2 Å². The first-order valence-electron chi connectivity index (χ1n) is 14.7. The van der Waals surface area contributed by atoms with Crippen molar-refractivity contribution in [3.63, 3.8) is 0 Å². The fourth-order valence-corrected chi connectivity index (χ4v) is 5.27. The number of ketones is 1. The molecule has 10 heteroatoms. The van der Waals surface area contributed by atoms with Gasteiger partial charge in [-0.15, -0.1) is 0 Å². The third-order valence-electron chi connectivity index (χ3n) is 7.84. The number of amides is 3. The number of ether oxygens (including phenoxy) is 1. The number of rotatable bonds is 11. The number of unbranched alkanes of at least 4 members (excludes halogenated alkanes) is 1. The van der Waals surface area contributed by atoms with Gasteiger partial charge < -0.3 is 24.8 Å². The summed E-state index contributed by atoms with van der Waals surface area (Å²) in [5, 5.41) is 9.47. The summed E-state index contributed by atoms with van der Waals surface area (Å²) >= 11 is 0. The second kappa shape index (κ2) is 13.7. The summed E-state index contributed by atoms with van der Waals surface area (Å²) < 4.78 is 11.2. The van der Waals surface area contributed by atoms with E-state index in [4.69, 9.17) is 9.26 Å². The van der Waals surface area contributed by atoms with Crippen molar-refractivity contribution in [2.45, 2.75) is 72.1 Å². The third kappa shape index (κ3) is 7.49. The van der Waals surface area contributed by atoms with Crippen molar-refractivity contribution in [3.8, 4) is 11.3 Å². The van der Waals surface area contributed by atoms with Crippen LogP contribution in [0, 0.1) is 12.3 Å². The smallest absolute Gasteiger partial charge is 0.408 e. The summed E-state index contributed by atoms with van der Waals surface area (Å²) in [6.45, 7) is 9.76. The van der Waals surface area contributed by atoms with Crippen molar-refractivity contribution < 1.29 is 28.4 Å². The van der Waals surface area contributed by atoms with Crippen LogP contribution >= 0.6 is 0 Å². The summed E-state index contributed by atoms with van der Waals surface area (Å²) in [6, 6.07) is 17.2. The zero-order valence-electron chi connectivity index (χ0n) is 25.4. The number of likely N-dealkylation sites (tertiary alicyclic amines) is 1. The quantitative estimate of drug-likeness (QED) is 0.293. The third-order valence-corrected chi connectivity index (χ3v) is 7.84. The van der Waals surface area contributed by atoms with Gasteiger partial charge in [0, 0.05) is 17.5 Å². The van der Waals surface area contributed by atoms with Crippen molar-refractivity contribution in [1.82, 2.24) is 20.7 Å². The molecule has 3 atom stereocenters. The van der Waals surface area contributed by atoms with Crippen molar-refractivity contribution >= 4 is 23.7 Å². The van der Waals surface area contributed by atoms with Crippen molar-refractivity contribution in [3.05, 3.63) is 77.6 Å². The first-order valence-corrected chi connectivity index (χ1v) is 14.7. The summed E-state index contributed by atoms with van der Waals surface area (Å²) in [6.07, 6.45) is 0.257. The average molecular weight is 589 g/mol. The predicted octanol–water partition coefficient (Wildman–Crippen LogP) is 5.23. The van der Waals surface area contributed by atoms with Crippen LogP contribution in [-0.4, -0.2) is 59.0 Å². The molecule has 0 saturated carbocycles. The highest BCUT2D eigenvalue weighted by Crippen LogP contribution is 2.35. The van der Waals surface area contributed by atoms with Crippen LogP contribution in [0.1, 0.15) is 74.7 Å². The van der Waals surface area contributed by atoms with Gasteiger partial charge in [-0.25, -0.2) is 4.79 Å². The van der Waals surface area contributed by atoms with Crippen LogP contribution in [0.4, 0.5) is 4.79 Å². The van der Waals surface area contributed by atoms with Gasteiger partial charge in [-0.2, -0.15) is 0 Å². The predicted molar refractivity (Wildman–Crippen MR) is 161 cm³/mol. The molecule has 10 nitrogen and oxygen atoms in total. The van der Waals surface area contributed by atoms with E-state index >= 15 is 0 Å². The van der Waals surface area contributed by atoms with E-state index in [0.717, 1.165) is 17.5 Å². The van der Waals surface area contributed by atoms with E-state index in [2.05, 4.69) is 15.8 Å². The Hall–Kier alpha value is -4.47. The number of Topliss-reactive ketones (excluding diaryl/α,β-unsaturated/α-hetero) is 1. The largest absolute Gasteiger partial charge is 0.444 e. The number of benzene rings is 2. The molecule has 0 unspecified atom stereocenters. The van der Waals surface area contributed by atoms with Crippen LogP contribution in [0.3, 0.4) is 0 Å². The summed E-state index contributed by atoms with van der Waals surface area (Å²) in [7, 11) is 0. The Morgan fingerprint density at radius 3 is 2.35 bits per heavy atom. The van der Waals surface area contributed by atoms with E-state index in [1.54, 1.807) is 18.7 Å². The van der Waals surface area contributed by atoms with Crippen molar-refractivity contribution in [2.24, 2.45) is 5.41 Å². The lowest BCUT2D eigenvalue weighted by Crippen LogP contribution is -2.49. The Morgan fingerprint density at radius 1 is 1.05 bits per heavy atom. The SMILES string of the molecule is CCCC[C@H](NC(=O)O[C@H]1CN(C(=O)c2c(-c3ccccc3)noc2C)CC1(C)C)C(=O)C(=O)N[C@H](C)c1ccccc1. The van der Waals surface area contributed by atoms with Crippen molar-refractivity contribution in [2.75, 3.05) is 13.1 Å². The first kappa shape index (κ1) is 31.5. The number of carbonyl (C=O) groups excluding carboxylic acids is 4. The Bertz CT molecular complexity index is 1440. The minimum absolute atomic E-state index is 0.154. The fourth-order valence-electron chi connectivity index (χ4n) is 5.27. The number of hydrogen-bond donors (Lipinski definition) is 2. The molecule has 2 aromatic carbocycles. The van der Waals surface area contributed by atoms with Gasteiger partial charge in [0.15, 0.2) is 0 Å². The van der Waals surface area contributed by atoms with E-state index in [1.165, 1.54) is 0 Å². The van der Waals surface area contributed by atoms with Gasteiger partial charge >= 0.3 is 6.09 Å². The average Bonchev–Trinajstić information content (AvgIpc) is 3.53. The maximum Gasteiger partial charge on any atom is 0.408 e. The molecule has 1 aromatic heterocycles. The van der Waals surface area contributed by atoms with Gasteiger partial charge in [0.25, 0.3) is 11.8 Å². The normalized spacial score (nSPS) is 17.1. The van der Waals surface area contributed by atoms with E-state index in [-0.39, 0.29) is 18.5 Å². The maximum absolute atomic E-state index is 13.7. The summed E-state index contributed by atoms with van der Waals surface area (Å²) in [5.41, 5.74) is 1.88. The molecule has 4 rings (SSSR count). The molecule has 1 aliphatic heterocycles. The molecule has 3 amide bonds. The minimum atomic E-state index is -1.04. The second-order valence-electron chi connectivity index (χ2n) is 11.7. The highest BCUT2D eigenvalue weighted by molar-refractivity contribution is 6.38. The molecule has 1 saturated heterocycles. The minimum Gasteiger partial charge on any atom is -0.444 e. The van der Waals surface area contributed by atoms with E-state index in [9.17, 15) is 19.2 Å². The molecule has 43 heavy (non-hydrogen) atoms. The van der Waals surface area contributed by atoms with Crippen LogP contribution in [0.15, 0.2) is 65.2 Å². The Balaban J connectivity index is 1.41. The van der Waals surface area contributed by atoms with Crippen LogP contribution in [-0.2, 0) is 14.3 Å². The number of carbonyl (C=O) groups is 4. The molecule has 1 fully saturated rings. The van der Waals surface area contributed by atoms with Gasteiger partial charge in [-0.1, -0.05) is 99.4 Å². The molecule has 0 spiro atoms. The maximum atomic E-state index is 13.7. The molecule has 228 valence electrons. The zero-order valence-corrected chi connectivity index (χ0v) is 25.4. The molecular formula is C33H40N4O6. The monoisotopic (exact) mass is 588 g/mol. The molecule has 3 aromatic rings. The molecule has 2 heterocycles. The second-order valence-corrected chi connectivity index (χ2v) is 11.7. The molecular weight excluding hydrogens is 548 g/mol. The molecule has 0 radical (unpaired) electrons. The van der Waals surface area contributed by atoms with Gasteiger partial charge in [-0.3, -0.25) is 14.4 Å². The lowest BCUT2D eigenvalue weighted by molar-refractivity contribution is -0.139. The molecule has 2 N–H and O–H groups in total.